The van der Waals surface area contributed by atoms with Crippen LogP contribution < -0.4 is 5.43 Å². The molecule has 0 aromatic carbocycles. The maximum atomic E-state index is 10.3. The number of carboxylic acid groups (broad SMARTS) is 1. The molecule has 0 saturated heterocycles. The molecule has 0 atom stereocenters. The van der Waals surface area contributed by atoms with E-state index in [0.717, 1.165) is 0 Å². The highest BCUT2D eigenvalue weighted by atomic mass is 35.5. The fourth-order valence-corrected chi connectivity index (χ4v) is 0.888. The van der Waals surface area contributed by atoms with Crippen molar-refractivity contribution in [2.75, 3.05) is 5.43 Å². The van der Waals surface area contributed by atoms with Crippen LogP contribution in [0.3, 0.4) is 0 Å². The van der Waals surface area contributed by atoms with E-state index in [1.807, 2.05) is 0 Å². The fourth-order valence-electron chi connectivity index (χ4n) is 0.787. The summed E-state index contributed by atoms with van der Waals surface area (Å²) in [6, 6.07) is 3.14. The third kappa shape index (κ3) is 4.37. The van der Waals surface area contributed by atoms with Crippen molar-refractivity contribution in [1.29, 1.82) is 0 Å². The second-order valence-corrected chi connectivity index (χ2v) is 3.16. The van der Waals surface area contributed by atoms with Gasteiger partial charge >= 0.3 is 5.97 Å². The third-order valence-corrected chi connectivity index (χ3v) is 1.60. The quantitative estimate of drug-likeness (QED) is 0.601. The summed E-state index contributed by atoms with van der Waals surface area (Å²) in [4.78, 5) is 10.3. The predicted molar refractivity (Wildman–Crippen MR) is 56.0 cm³/mol. The Morgan fingerprint density at radius 2 is 2.33 bits per heavy atom. The van der Waals surface area contributed by atoms with Crippen molar-refractivity contribution in [2.24, 2.45) is 5.10 Å². The molecule has 80 valence electrons. The smallest absolute Gasteiger partial charge is 0.309 e. The number of carbonyl (C=O) groups is 1. The molecule has 0 aliphatic rings. The van der Waals surface area contributed by atoms with Gasteiger partial charge in [-0.2, -0.15) is 5.10 Å². The highest BCUT2D eigenvalue weighted by Gasteiger charge is 2.00. The number of aromatic nitrogens is 2. The Morgan fingerprint density at radius 3 is 2.87 bits per heavy atom. The van der Waals surface area contributed by atoms with Crippen LogP contribution in [-0.2, 0) is 4.79 Å². The molecule has 0 fully saturated rings. The van der Waals surface area contributed by atoms with Crippen LogP contribution in [0.15, 0.2) is 17.2 Å². The molecule has 0 spiro atoms. The fraction of sp³-hybridized carbons (Fsp3) is 0.250. The summed E-state index contributed by atoms with van der Waals surface area (Å²) in [6.07, 6.45) is -0.117. The van der Waals surface area contributed by atoms with Crippen LogP contribution in [0.2, 0.25) is 5.15 Å². The van der Waals surface area contributed by atoms with E-state index in [1.165, 1.54) is 0 Å². The minimum Gasteiger partial charge on any atom is -0.481 e. The van der Waals surface area contributed by atoms with Crippen LogP contribution in [-0.4, -0.2) is 27.0 Å². The SMILES string of the molecule is CC(CC(=O)O)=NNc1ccc(Cl)nn1. The van der Waals surface area contributed by atoms with Gasteiger partial charge in [-0.25, -0.2) is 0 Å². The second-order valence-electron chi connectivity index (χ2n) is 2.77. The number of hydrazone groups is 1. The summed E-state index contributed by atoms with van der Waals surface area (Å²) in [5, 5.41) is 19.8. The highest BCUT2D eigenvalue weighted by molar-refractivity contribution is 6.29. The number of carboxylic acids is 1. The Labute approximate surface area is 91.0 Å². The van der Waals surface area contributed by atoms with E-state index in [1.54, 1.807) is 19.1 Å². The van der Waals surface area contributed by atoms with Gasteiger partial charge in [0.25, 0.3) is 0 Å². The number of hydrogen-bond acceptors (Lipinski definition) is 5. The molecule has 0 bridgehead atoms. The van der Waals surface area contributed by atoms with Gasteiger partial charge in [0.1, 0.15) is 0 Å². The van der Waals surface area contributed by atoms with Crippen LogP contribution in [0.5, 0.6) is 0 Å². The standard InChI is InChI=1S/C8H9ClN4O2/c1-5(4-8(14)15)10-12-7-3-2-6(9)11-13-7/h2-3H,4H2,1H3,(H,12,13)(H,14,15). The van der Waals surface area contributed by atoms with E-state index in [9.17, 15) is 4.79 Å². The van der Waals surface area contributed by atoms with Gasteiger partial charge < -0.3 is 5.11 Å². The van der Waals surface area contributed by atoms with Gasteiger partial charge in [-0.3, -0.25) is 10.2 Å². The molecule has 1 aromatic heterocycles. The molecule has 0 unspecified atom stereocenters. The Kier molecular flexibility index (Phi) is 3.99. The number of rotatable bonds is 4. The van der Waals surface area contributed by atoms with Crippen LogP contribution in [0, 0.1) is 0 Å². The van der Waals surface area contributed by atoms with Crippen molar-refractivity contribution in [1.82, 2.24) is 10.2 Å². The first kappa shape index (κ1) is 11.4. The zero-order chi connectivity index (χ0) is 11.3. The normalized spacial score (nSPS) is 11.2. The summed E-state index contributed by atoms with van der Waals surface area (Å²) >= 11 is 5.53. The van der Waals surface area contributed by atoms with E-state index in [4.69, 9.17) is 16.7 Å². The van der Waals surface area contributed by atoms with Crippen LogP contribution in [0.1, 0.15) is 13.3 Å². The maximum Gasteiger partial charge on any atom is 0.309 e. The van der Waals surface area contributed by atoms with Crippen LogP contribution >= 0.6 is 11.6 Å². The zero-order valence-electron chi connectivity index (χ0n) is 7.94. The first-order chi connectivity index (χ1) is 7.08. The molecule has 0 aliphatic heterocycles. The topological polar surface area (TPSA) is 87.5 Å². The molecule has 1 rings (SSSR count). The number of aliphatic carboxylic acids is 1. The van der Waals surface area contributed by atoms with Gasteiger partial charge in [0, 0.05) is 5.71 Å². The number of nitrogens with zero attached hydrogens (tertiary/aromatic N) is 3. The molecule has 0 aliphatic carbocycles. The van der Waals surface area contributed by atoms with Gasteiger partial charge in [0.15, 0.2) is 11.0 Å². The van der Waals surface area contributed by atoms with Crippen molar-refractivity contribution in [2.45, 2.75) is 13.3 Å². The Balaban J connectivity index is 2.55. The molecular weight excluding hydrogens is 220 g/mol. The van der Waals surface area contributed by atoms with Crippen molar-refractivity contribution in [3.63, 3.8) is 0 Å². The van der Waals surface area contributed by atoms with E-state index >= 15 is 0 Å². The summed E-state index contributed by atoms with van der Waals surface area (Å²) in [5.41, 5.74) is 3.01. The van der Waals surface area contributed by atoms with Gasteiger partial charge in [-0.1, -0.05) is 11.6 Å². The lowest BCUT2D eigenvalue weighted by Crippen LogP contribution is -2.05. The molecule has 6 nitrogen and oxygen atoms in total. The monoisotopic (exact) mass is 228 g/mol. The number of nitrogens with one attached hydrogen (secondary N) is 1. The Hall–Kier alpha value is -1.69. The van der Waals surface area contributed by atoms with Crippen LogP contribution in [0.25, 0.3) is 0 Å². The van der Waals surface area contributed by atoms with E-state index in [-0.39, 0.29) is 11.6 Å². The molecule has 0 amide bonds. The van der Waals surface area contributed by atoms with Crippen molar-refractivity contribution < 1.29 is 9.90 Å². The molecule has 1 aromatic rings. The summed E-state index contributed by atoms with van der Waals surface area (Å²) in [5.74, 6) is -0.524. The lowest BCUT2D eigenvalue weighted by Gasteiger charge is -1.99. The molecular formula is C8H9ClN4O2. The summed E-state index contributed by atoms with van der Waals surface area (Å²) in [7, 11) is 0. The van der Waals surface area contributed by atoms with Gasteiger partial charge in [-0.15, -0.1) is 10.2 Å². The van der Waals surface area contributed by atoms with E-state index in [2.05, 4.69) is 20.7 Å². The van der Waals surface area contributed by atoms with E-state index < -0.39 is 5.97 Å². The summed E-state index contributed by atoms with van der Waals surface area (Å²) < 4.78 is 0. The number of anilines is 1. The minimum atomic E-state index is -0.930. The Morgan fingerprint density at radius 1 is 1.60 bits per heavy atom. The molecule has 7 heteroatoms. The molecule has 0 radical (unpaired) electrons. The highest BCUT2D eigenvalue weighted by Crippen LogP contribution is 2.05. The Bertz CT molecular complexity index is 377. The van der Waals surface area contributed by atoms with Gasteiger partial charge in [0.2, 0.25) is 0 Å². The molecule has 1 heterocycles. The lowest BCUT2D eigenvalue weighted by atomic mass is 10.3. The zero-order valence-corrected chi connectivity index (χ0v) is 8.69. The lowest BCUT2D eigenvalue weighted by molar-refractivity contribution is -0.135. The average Bonchev–Trinajstić information content (AvgIpc) is 2.16. The molecule has 15 heavy (non-hydrogen) atoms. The first-order valence-electron chi connectivity index (χ1n) is 4.08. The molecule has 2 N–H and O–H groups in total. The minimum absolute atomic E-state index is 0.117. The predicted octanol–water partition coefficient (Wildman–Crippen LogP) is 1.39. The molecule has 0 saturated carbocycles. The second kappa shape index (κ2) is 5.26. The maximum absolute atomic E-state index is 10.3. The van der Waals surface area contributed by atoms with Gasteiger partial charge in [0.05, 0.1) is 6.42 Å². The van der Waals surface area contributed by atoms with Crippen molar-refractivity contribution in [3.8, 4) is 0 Å². The summed E-state index contributed by atoms with van der Waals surface area (Å²) in [6.45, 7) is 1.60. The first-order valence-corrected chi connectivity index (χ1v) is 4.46. The van der Waals surface area contributed by atoms with E-state index in [0.29, 0.717) is 11.5 Å². The van der Waals surface area contributed by atoms with Crippen LogP contribution in [0.4, 0.5) is 5.82 Å². The van der Waals surface area contributed by atoms with Crippen molar-refractivity contribution >= 4 is 29.1 Å². The largest absolute Gasteiger partial charge is 0.481 e. The average molecular weight is 229 g/mol. The van der Waals surface area contributed by atoms with Gasteiger partial charge in [-0.05, 0) is 19.1 Å². The number of hydrogen-bond donors (Lipinski definition) is 2. The number of halogens is 1. The van der Waals surface area contributed by atoms with Crippen molar-refractivity contribution in [3.05, 3.63) is 17.3 Å². The third-order valence-electron chi connectivity index (χ3n) is 1.40.